The summed E-state index contributed by atoms with van der Waals surface area (Å²) in [5, 5.41) is 2.87. The second kappa shape index (κ2) is 5.57. The van der Waals surface area contributed by atoms with E-state index in [4.69, 9.17) is 0 Å². The summed E-state index contributed by atoms with van der Waals surface area (Å²) in [6.45, 7) is 3.70. The fourth-order valence-electron chi connectivity index (χ4n) is 2.89. The zero-order valence-corrected chi connectivity index (χ0v) is 11.7. The van der Waals surface area contributed by atoms with Crippen LogP contribution in [0.15, 0.2) is 0 Å². The van der Waals surface area contributed by atoms with E-state index in [0.29, 0.717) is 6.42 Å². The van der Waals surface area contributed by atoms with E-state index in [1.54, 1.807) is 6.92 Å². The Morgan fingerprint density at radius 2 is 1.89 bits per heavy atom. The largest absolute Gasteiger partial charge is 0.351 e. The predicted molar refractivity (Wildman–Crippen MR) is 70.1 cm³/mol. The number of carbonyl (C=O) groups is 1. The van der Waals surface area contributed by atoms with E-state index in [1.807, 2.05) is 0 Å². The minimum Gasteiger partial charge on any atom is -0.351 e. The van der Waals surface area contributed by atoms with Crippen LogP contribution >= 0.6 is 0 Å². The smallest absolute Gasteiger partial charge is 0.220 e. The topological polar surface area (TPSA) is 66.5 Å². The van der Waals surface area contributed by atoms with Gasteiger partial charge in [0.2, 0.25) is 5.91 Å². The third kappa shape index (κ3) is 3.23. The van der Waals surface area contributed by atoms with Crippen molar-refractivity contribution in [1.82, 2.24) is 10.2 Å². The summed E-state index contributed by atoms with van der Waals surface area (Å²) >= 11 is 0. The minimum absolute atomic E-state index is 0.0224. The Morgan fingerprint density at radius 3 is 2.50 bits per heavy atom. The zero-order valence-electron chi connectivity index (χ0n) is 10.9. The molecular formula is C12H22N2O3S. The number of likely N-dealkylation sites (tertiary alicyclic amines) is 1. The second-order valence-corrected chi connectivity index (χ2v) is 7.42. The molecule has 0 aromatic carbocycles. The molecule has 0 unspecified atom stereocenters. The van der Waals surface area contributed by atoms with Crippen LogP contribution < -0.4 is 5.32 Å². The molecule has 2 saturated heterocycles. The average Bonchev–Trinajstić information content (AvgIpc) is 2.65. The molecule has 0 aliphatic carbocycles. The molecule has 0 saturated carbocycles. The zero-order chi connectivity index (χ0) is 13.2. The molecule has 2 fully saturated rings. The Bertz CT molecular complexity index is 402. The Hall–Kier alpha value is -0.620. The van der Waals surface area contributed by atoms with Gasteiger partial charge in [0.25, 0.3) is 0 Å². The van der Waals surface area contributed by atoms with E-state index in [9.17, 15) is 13.2 Å². The monoisotopic (exact) mass is 274 g/mol. The number of hydrogen-bond acceptors (Lipinski definition) is 4. The van der Waals surface area contributed by atoms with Crippen molar-refractivity contribution < 1.29 is 13.2 Å². The number of amides is 1. The summed E-state index contributed by atoms with van der Waals surface area (Å²) in [4.78, 5) is 13.7. The highest BCUT2D eigenvalue weighted by atomic mass is 32.2. The molecule has 2 rings (SSSR count). The van der Waals surface area contributed by atoms with Gasteiger partial charge in [-0.2, -0.15) is 0 Å². The van der Waals surface area contributed by atoms with Crippen LogP contribution in [0.1, 0.15) is 32.6 Å². The second-order valence-electron chi connectivity index (χ2n) is 5.27. The first kappa shape index (κ1) is 13.8. The van der Waals surface area contributed by atoms with Crippen LogP contribution in [0, 0.1) is 0 Å². The summed E-state index contributed by atoms with van der Waals surface area (Å²) in [7, 11) is -3.00. The van der Waals surface area contributed by atoms with Gasteiger partial charge in [0.05, 0.1) is 17.5 Å². The Kier molecular flexibility index (Phi) is 4.27. The first-order valence-electron chi connectivity index (χ1n) is 6.75. The molecule has 18 heavy (non-hydrogen) atoms. The number of sulfone groups is 1. The number of nitrogens with zero attached hydrogens (tertiary/aromatic N) is 1. The number of nitrogens with one attached hydrogen (secondary N) is 1. The third-order valence-corrected chi connectivity index (χ3v) is 5.57. The van der Waals surface area contributed by atoms with Crippen LogP contribution in [0.2, 0.25) is 0 Å². The van der Waals surface area contributed by atoms with Crippen molar-refractivity contribution in [2.24, 2.45) is 0 Å². The van der Waals surface area contributed by atoms with Crippen molar-refractivity contribution >= 4 is 15.7 Å². The SMILES string of the molecule is CCC(=O)N[C@@H]1CS(=O)(=O)C[C@H]1N1CCCCC1. The van der Waals surface area contributed by atoms with E-state index in [0.717, 1.165) is 25.9 Å². The summed E-state index contributed by atoms with van der Waals surface area (Å²) in [6.07, 6.45) is 3.89. The minimum atomic E-state index is -3.00. The van der Waals surface area contributed by atoms with Crippen LogP contribution in [-0.4, -0.2) is 55.9 Å². The van der Waals surface area contributed by atoms with Gasteiger partial charge in [0, 0.05) is 12.5 Å². The van der Waals surface area contributed by atoms with E-state index in [1.165, 1.54) is 6.42 Å². The van der Waals surface area contributed by atoms with E-state index >= 15 is 0 Å². The molecule has 5 nitrogen and oxygen atoms in total. The molecule has 0 aromatic rings. The van der Waals surface area contributed by atoms with Gasteiger partial charge in [-0.15, -0.1) is 0 Å². The van der Waals surface area contributed by atoms with Gasteiger partial charge in [-0.25, -0.2) is 8.42 Å². The molecule has 0 radical (unpaired) electrons. The maximum absolute atomic E-state index is 11.8. The van der Waals surface area contributed by atoms with Gasteiger partial charge in [0.15, 0.2) is 9.84 Å². The quantitative estimate of drug-likeness (QED) is 0.796. The molecular weight excluding hydrogens is 252 g/mol. The van der Waals surface area contributed by atoms with Gasteiger partial charge >= 0.3 is 0 Å². The molecule has 6 heteroatoms. The van der Waals surface area contributed by atoms with Crippen molar-refractivity contribution in [1.29, 1.82) is 0 Å². The molecule has 0 bridgehead atoms. The molecule has 1 N–H and O–H groups in total. The van der Waals surface area contributed by atoms with Gasteiger partial charge in [-0.1, -0.05) is 13.3 Å². The van der Waals surface area contributed by atoms with E-state index in [2.05, 4.69) is 10.2 Å². The molecule has 2 aliphatic heterocycles. The highest BCUT2D eigenvalue weighted by Gasteiger charge is 2.41. The standard InChI is InChI=1S/C12H22N2O3S/c1-2-12(15)13-10-8-18(16,17)9-11(10)14-6-4-3-5-7-14/h10-11H,2-9H2,1H3,(H,13,15)/t10-,11-/m1/s1. The Labute approximate surface area is 109 Å². The van der Waals surface area contributed by atoms with Crippen LogP contribution in [0.5, 0.6) is 0 Å². The predicted octanol–water partition coefficient (Wildman–Crippen LogP) is 0.164. The molecule has 2 aliphatic rings. The van der Waals surface area contributed by atoms with E-state index < -0.39 is 9.84 Å². The van der Waals surface area contributed by atoms with Crippen LogP contribution in [-0.2, 0) is 14.6 Å². The maximum Gasteiger partial charge on any atom is 0.220 e. The highest BCUT2D eigenvalue weighted by Crippen LogP contribution is 2.22. The molecule has 0 spiro atoms. The normalized spacial score (nSPS) is 32.3. The highest BCUT2D eigenvalue weighted by molar-refractivity contribution is 7.91. The first-order chi connectivity index (χ1) is 8.52. The summed E-state index contributed by atoms with van der Waals surface area (Å²) in [5.74, 6) is 0.237. The van der Waals surface area contributed by atoms with Crippen LogP contribution in [0.25, 0.3) is 0 Å². The maximum atomic E-state index is 11.8. The Balaban J connectivity index is 2.07. The average molecular weight is 274 g/mol. The molecule has 1 amide bonds. The van der Waals surface area contributed by atoms with Crippen molar-refractivity contribution in [2.75, 3.05) is 24.6 Å². The van der Waals surface area contributed by atoms with Crippen LogP contribution in [0.3, 0.4) is 0 Å². The lowest BCUT2D eigenvalue weighted by Crippen LogP contribution is -2.52. The lowest BCUT2D eigenvalue weighted by molar-refractivity contribution is -0.121. The van der Waals surface area contributed by atoms with Crippen molar-refractivity contribution in [3.63, 3.8) is 0 Å². The first-order valence-corrected chi connectivity index (χ1v) is 8.58. The molecule has 0 aromatic heterocycles. The van der Waals surface area contributed by atoms with Gasteiger partial charge < -0.3 is 5.32 Å². The van der Waals surface area contributed by atoms with Crippen molar-refractivity contribution in [3.8, 4) is 0 Å². The number of piperidine rings is 1. The van der Waals surface area contributed by atoms with Crippen LogP contribution in [0.4, 0.5) is 0 Å². The lowest BCUT2D eigenvalue weighted by Gasteiger charge is -2.34. The number of carbonyl (C=O) groups excluding carboxylic acids is 1. The third-order valence-electron chi connectivity index (χ3n) is 3.85. The van der Waals surface area contributed by atoms with Gasteiger partial charge in [0.1, 0.15) is 0 Å². The summed E-state index contributed by atoms with van der Waals surface area (Å²) in [5.41, 5.74) is 0. The fourth-order valence-corrected chi connectivity index (χ4v) is 4.84. The van der Waals surface area contributed by atoms with Gasteiger partial charge in [-0.05, 0) is 25.9 Å². The number of hydrogen-bond donors (Lipinski definition) is 1. The molecule has 2 heterocycles. The fraction of sp³-hybridized carbons (Fsp3) is 0.917. The number of rotatable bonds is 3. The molecule has 2 atom stereocenters. The van der Waals surface area contributed by atoms with Crippen molar-refractivity contribution in [3.05, 3.63) is 0 Å². The van der Waals surface area contributed by atoms with E-state index in [-0.39, 0.29) is 29.5 Å². The van der Waals surface area contributed by atoms with Gasteiger partial charge in [-0.3, -0.25) is 9.69 Å². The lowest BCUT2D eigenvalue weighted by atomic mass is 10.0. The Morgan fingerprint density at radius 1 is 1.22 bits per heavy atom. The molecule has 104 valence electrons. The summed E-state index contributed by atoms with van der Waals surface area (Å²) in [6, 6.07) is -0.244. The van der Waals surface area contributed by atoms with Crippen molar-refractivity contribution in [2.45, 2.75) is 44.7 Å². The summed E-state index contributed by atoms with van der Waals surface area (Å²) < 4.78 is 23.6.